The molecule has 7 heteroatoms. The van der Waals surface area contributed by atoms with Crippen molar-refractivity contribution in [1.82, 2.24) is 15.5 Å². The molecule has 2 N–H and O–H groups in total. The zero-order chi connectivity index (χ0) is 24.7. The second-order valence-corrected chi connectivity index (χ2v) is 12.2. The lowest BCUT2D eigenvalue weighted by atomic mass is 9.49. The van der Waals surface area contributed by atoms with Gasteiger partial charge in [-0.25, -0.2) is 0 Å². The molecule has 7 rings (SSSR count). The molecule has 0 radical (unpaired) electrons. The summed E-state index contributed by atoms with van der Waals surface area (Å²) in [5.41, 5.74) is 2.83. The molecule has 3 aromatic rings. The molecule has 2 amide bonds. The van der Waals surface area contributed by atoms with Crippen molar-refractivity contribution in [2.45, 2.75) is 57.9 Å². The van der Waals surface area contributed by atoms with Crippen molar-refractivity contribution in [3.8, 4) is 10.6 Å². The summed E-state index contributed by atoms with van der Waals surface area (Å²) in [7, 11) is 0. The molecule has 4 bridgehead atoms. The highest BCUT2D eigenvalue weighted by Gasteiger charge is 2.55. The minimum atomic E-state index is -0.667. The summed E-state index contributed by atoms with van der Waals surface area (Å²) in [4.78, 5) is 27.3. The number of aromatic nitrogens is 2. The molecule has 0 saturated heterocycles. The van der Waals surface area contributed by atoms with Crippen LogP contribution in [0.15, 0.2) is 54.6 Å². The second kappa shape index (κ2) is 9.43. The van der Waals surface area contributed by atoms with Gasteiger partial charge in [0.25, 0.3) is 0 Å². The Balaban J connectivity index is 1.20. The molecule has 1 heterocycles. The molecule has 4 saturated carbocycles. The number of rotatable bonds is 7. The molecule has 186 valence electrons. The van der Waals surface area contributed by atoms with Crippen LogP contribution < -0.4 is 10.6 Å². The molecule has 1 atom stereocenters. The quantitative estimate of drug-likeness (QED) is 0.455. The van der Waals surface area contributed by atoms with Crippen molar-refractivity contribution >= 4 is 28.3 Å². The third kappa shape index (κ3) is 4.69. The molecule has 0 unspecified atom stereocenters. The lowest BCUT2D eigenvalue weighted by Gasteiger charge is -2.55. The van der Waals surface area contributed by atoms with Crippen molar-refractivity contribution in [3.63, 3.8) is 0 Å². The highest BCUT2D eigenvalue weighted by atomic mass is 32.1. The summed E-state index contributed by atoms with van der Waals surface area (Å²) >= 11 is 1.35. The summed E-state index contributed by atoms with van der Waals surface area (Å²) < 4.78 is 0. The number of carbonyl (C=O) groups excluding carboxylic acids is 2. The van der Waals surface area contributed by atoms with Crippen molar-refractivity contribution < 1.29 is 9.59 Å². The van der Waals surface area contributed by atoms with Gasteiger partial charge in [0.15, 0.2) is 0 Å². The number of nitrogens with zero attached hydrogens (tertiary/aromatic N) is 2. The van der Waals surface area contributed by atoms with Gasteiger partial charge in [0.05, 0.1) is 0 Å². The maximum Gasteiger partial charge on any atom is 0.249 e. The number of hydrogen-bond donors (Lipinski definition) is 2. The molecule has 36 heavy (non-hydrogen) atoms. The number of amides is 2. The number of carbonyl (C=O) groups is 2. The monoisotopic (exact) mass is 500 g/mol. The Bertz CT molecular complexity index is 1240. The third-order valence-corrected chi connectivity index (χ3v) is 9.23. The van der Waals surface area contributed by atoms with Gasteiger partial charge < -0.3 is 5.32 Å². The van der Waals surface area contributed by atoms with E-state index in [-0.39, 0.29) is 17.2 Å². The van der Waals surface area contributed by atoms with Crippen LogP contribution in [0.1, 0.15) is 49.7 Å². The summed E-state index contributed by atoms with van der Waals surface area (Å²) in [6.07, 6.45) is 7.19. The van der Waals surface area contributed by atoms with Crippen LogP contribution >= 0.6 is 11.3 Å². The predicted molar refractivity (Wildman–Crippen MR) is 141 cm³/mol. The van der Waals surface area contributed by atoms with Gasteiger partial charge in [-0.15, -0.1) is 10.2 Å². The van der Waals surface area contributed by atoms with E-state index in [1.165, 1.54) is 30.6 Å². The van der Waals surface area contributed by atoms with E-state index in [2.05, 4.69) is 26.9 Å². The highest BCUT2D eigenvalue weighted by Crippen LogP contribution is 2.60. The minimum absolute atomic E-state index is 0.0652. The summed E-state index contributed by atoms with van der Waals surface area (Å²) in [6.45, 7) is 2.04. The van der Waals surface area contributed by atoms with E-state index < -0.39 is 6.04 Å². The number of hydrogen-bond acceptors (Lipinski definition) is 5. The summed E-state index contributed by atoms with van der Waals surface area (Å²) in [5, 5.41) is 15.8. The molecule has 4 fully saturated rings. The minimum Gasteiger partial charge on any atom is -0.343 e. The third-order valence-electron chi connectivity index (χ3n) is 8.34. The molecule has 4 aliphatic rings. The highest BCUT2D eigenvalue weighted by molar-refractivity contribution is 7.18. The molecule has 2 aromatic carbocycles. The fourth-order valence-electron chi connectivity index (χ4n) is 7.12. The van der Waals surface area contributed by atoms with E-state index in [9.17, 15) is 9.59 Å². The van der Waals surface area contributed by atoms with Crippen LogP contribution in [0.5, 0.6) is 0 Å². The Morgan fingerprint density at radius 1 is 0.972 bits per heavy atom. The van der Waals surface area contributed by atoms with Gasteiger partial charge in [0.1, 0.15) is 11.0 Å². The van der Waals surface area contributed by atoms with Gasteiger partial charge in [0, 0.05) is 17.4 Å². The summed E-state index contributed by atoms with van der Waals surface area (Å²) in [6, 6.07) is 17.3. The SMILES string of the molecule is Cc1cccc(-c2nnc(NC(=O)[C@@H](Cc3ccccc3)NC(=O)C34CC5CC(CC(C5)C3)C4)s2)c1. The molecule has 1 aromatic heterocycles. The lowest BCUT2D eigenvalue weighted by molar-refractivity contribution is -0.148. The van der Waals surface area contributed by atoms with Crippen LogP contribution in [0.4, 0.5) is 5.13 Å². The Morgan fingerprint density at radius 3 is 2.33 bits per heavy atom. The van der Waals surface area contributed by atoms with Gasteiger partial charge in [-0.1, -0.05) is 65.4 Å². The van der Waals surface area contributed by atoms with E-state index in [1.807, 2.05) is 55.5 Å². The fourth-order valence-corrected chi connectivity index (χ4v) is 7.86. The van der Waals surface area contributed by atoms with Crippen LogP contribution in [0.2, 0.25) is 0 Å². The smallest absolute Gasteiger partial charge is 0.249 e. The Hall–Kier alpha value is -3.06. The molecule has 4 aliphatic carbocycles. The first-order chi connectivity index (χ1) is 17.5. The van der Waals surface area contributed by atoms with E-state index in [0.29, 0.717) is 29.3 Å². The Morgan fingerprint density at radius 2 is 1.67 bits per heavy atom. The molecular weight excluding hydrogens is 468 g/mol. The molecule has 0 spiro atoms. The average molecular weight is 501 g/mol. The first-order valence-electron chi connectivity index (χ1n) is 13.0. The van der Waals surface area contributed by atoms with E-state index in [4.69, 9.17) is 0 Å². The predicted octanol–water partition coefficient (Wildman–Crippen LogP) is 5.40. The lowest BCUT2D eigenvalue weighted by Crippen LogP contribution is -2.57. The van der Waals surface area contributed by atoms with Crippen LogP contribution in [0, 0.1) is 30.1 Å². The zero-order valence-electron chi connectivity index (χ0n) is 20.6. The van der Waals surface area contributed by atoms with Crippen molar-refractivity contribution in [2.75, 3.05) is 5.32 Å². The number of anilines is 1. The van der Waals surface area contributed by atoms with Crippen LogP contribution in [0.25, 0.3) is 10.6 Å². The number of nitrogens with one attached hydrogen (secondary N) is 2. The fraction of sp³-hybridized carbons (Fsp3) is 0.448. The van der Waals surface area contributed by atoms with Gasteiger partial charge in [-0.3, -0.25) is 14.9 Å². The number of benzene rings is 2. The molecular formula is C29H32N4O2S. The topological polar surface area (TPSA) is 84.0 Å². The first-order valence-corrected chi connectivity index (χ1v) is 13.8. The van der Waals surface area contributed by atoms with E-state index in [0.717, 1.165) is 41.0 Å². The van der Waals surface area contributed by atoms with Gasteiger partial charge in [-0.2, -0.15) is 0 Å². The van der Waals surface area contributed by atoms with Crippen LogP contribution in [-0.2, 0) is 16.0 Å². The van der Waals surface area contributed by atoms with Gasteiger partial charge in [0.2, 0.25) is 16.9 Å². The number of aryl methyl sites for hydroxylation is 1. The van der Waals surface area contributed by atoms with Gasteiger partial charge in [-0.05, 0) is 74.8 Å². The molecule has 0 aliphatic heterocycles. The zero-order valence-corrected chi connectivity index (χ0v) is 21.4. The summed E-state index contributed by atoms with van der Waals surface area (Å²) in [5.74, 6) is 1.83. The Labute approximate surface area is 215 Å². The average Bonchev–Trinajstić information content (AvgIpc) is 3.32. The van der Waals surface area contributed by atoms with E-state index >= 15 is 0 Å². The van der Waals surface area contributed by atoms with Crippen molar-refractivity contribution in [3.05, 3.63) is 65.7 Å². The maximum atomic E-state index is 13.8. The normalized spacial score (nSPS) is 27.0. The maximum absolute atomic E-state index is 13.8. The van der Waals surface area contributed by atoms with Crippen molar-refractivity contribution in [1.29, 1.82) is 0 Å². The second-order valence-electron chi connectivity index (χ2n) is 11.2. The van der Waals surface area contributed by atoms with Crippen molar-refractivity contribution in [2.24, 2.45) is 23.2 Å². The molecule has 6 nitrogen and oxygen atoms in total. The van der Waals surface area contributed by atoms with Crippen LogP contribution in [0.3, 0.4) is 0 Å². The Kier molecular flexibility index (Phi) is 6.12. The first kappa shape index (κ1) is 23.3. The van der Waals surface area contributed by atoms with E-state index in [1.54, 1.807) is 0 Å². The van der Waals surface area contributed by atoms with Crippen LogP contribution in [-0.4, -0.2) is 28.1 Å². The largest absolute Gasteiger partial charge is 0.343 e. The standard InChI is InChI=1S/C29H32N4O2S/c1-18-6-5-9-23(10-18)26-32-33-28(36-26)31-25(34)24(14-19-7-3-2-4-8-19)30-27(35)29-15-20-11-21(16-29)13-22(12-20)17-29/h2-10,20-22,24H,11-17H2,1H3,(H,30,35)(H,31,33,34)/t20?,21?,22?,24-,29?/m1/s1. The van der Waals surface area contributed by atoms with Gasteiger partial charge >= 0.3 is 0 Å².